The molecule has 3 aliphatic rings. The van der Waals surface area contributed by atoms with E-state index in [0.717, 1.165) is 75.9 Å². The van der Waals surface area contributed by atoms with Gasteiger partial charge in [-0.1, -0.05) is 30.0 Å². The first kappa shape index (κ1) is 22.5. The maximum absolute atomic E-state index is 9.86. The summed E-state index contributed by atoms with van der Waals surface area (Å²) in [5.74, 6) is 1.79. The average Bonchev–Trinajstić information content (AvgIpc) is 3.30. The van der Waals surface area contributed by atoms with Crippen molar-refractivity contribution in [1.29, 1.82) is 0 Å². The summed E-state index contributed by atoms with van der Waals surface area (Å²) in [7, 11) is 0. The number of thioether (sulfide) groups is 1. The molecule has 1 saturated carbocycles. The minimum absolute atomic E-state index is 0.0521. The van der Waals surface area contributed by atoms with Crippen LogP contribution in [-0.4, -0.2) is 58.9 Å². The van der Waals surface area contributed by atoms with E-state index in [1.807, 2.05) is 6.07 Å². The summed E-state index contributed by atoms with van der Waals surface area (Å²) in [5.41, 5.74) is 2.45. The number of hydrogen-bond donors (Lipinski definition) is 3. The first-order chi connectivity index (χ1) is 16.2. The van der Waals surface area contributed by atoms with Gasteiger partial charge in [0.1, 0.15) is 11.6 Å². The van der Waals surface area contributed by atoms with E-state index in [2.05, 4.69) is 68.4 Å². The lowest BCUT2D eigenvalue weighted by molar-refractivity contribution is 0.0342. The second-order valence-electron chi connectivity index (χ2n) is 8.94. The van der Waals surface area contributed by atoms with Gasteiger partial charge in [0.2, 0.25) is 0 Å². The number of aliphatic hydroxyl groups excluding tert-OH is 1. The fourth-order valence-corrected chi connectivity index (χ4v) is 5.51. The molecule has 0 radical (unpaired) electrons. The smallest absolute Gasteiger partial charge is 0.157 e. The number of rotatable bonds is 7. The van der Waals surface area contributed by atoms with Crippen LogP contribution in [-0.2, 0) is 11.3 Å². The lowest BCUT2D eigenvalue weighted by Gasteiger charge is -2.29. The summed E-state index contributed by atoms with van der Waals surface area (Å²) in [5, 5.41) is 19.3. The zero-order chi connectivity index (χ0) is 22.5. The van der Waals surface area contributed by atoms with E-state index < -0.39 is 0 Å². The highest BCUT2D eigenvalue weighted by Crippen LogP contribution is 2.32. The molecule has 0 amide bonds. The number of anilines is 3. The molecule has 33 heavy (non-hydrogen) atoms. The minimum Gasteiger partial charge on any atom is -0.393 e. The SMILES string of the molecule is OC1CCC(Nc2cc(CN3CCOCC3)cc(NC3SC=CN3c3ccccc3)n2)CC1. The molecule has 8 heteroatoms. The van der Waals surface area contributed by atoms with Crippen molar-refractivity contribution in [1.82, 2.24) is 9.88 Å². The number of ether oxygens (including phenoxy) is 1. The maximum Gasteiger partial charge on any atom is 0.157 e. The Labute approximate surface area is 200 Å². The molecular formula is C25H33N5O2S. The quantitative estimate of drug-likeness (QED) is 0.563. The topological polar surface area (TPSA) is 72.9 Å². The Hall–Kier alpha value is -2.26. The molecule has 0 bridgehead atoms. The zero-order valence-electron chi connectivity index (χ0n) is 18.9. The lowest BCUT2D eigenvalue weighted by atomic mass is 9.93. The highest BCUT2D eigenvalue weighted by Gasteiger charge is 2.23. The predicted octanol–water partition coefficient (Wildman–Crippen LogP) is 4.05. The standard InChI is InChI=1S/C25H33N5O2S/c31-22-8-6-20(7-9-22)26-23-16-19(18-29-10-13-32-14-11-29)17-24(27-23)28-25-30(12-15-33-25)21-4-2-1-3-5-21/h1-5,12,15-17,20,22,25,31H,6-11,13-14,18H2,(H2,26,27,28). The number of aromatic nitrogens is 1. The van der Waals surface area contributed by atoms with Crippen LogP contribution in [0.25, 0.3) is 0 Å². The molecule has 1 saturated heterocycles. The van der Waals surface area contributed by atoms with E-state index in [1.54, 1.807) is 11.8 Å². The van der Waals surface area contributed by atoms with Crippen molar-refractivity contribution in [2.24, 2.45) is 0 Å². The van der Waals surface area contributed by atoms with Crippen LogP contribution < -0.4 is 15.5 Å². The Kier molecular flexibility index (Phi) is 7.36. The number of benzene rings is 1. The number of hydrogen-bond acceptors (Lipinski definition) is 8. The van der Waals surface area contributed by atoms with E-state index >= 15 is 0 Å². The van der Waals surface area contributed by atoms with Crippen molar-refractivity contribution >= 4 is 29.1 Å². The Balaban J connectivity index is 1.34. The third-order valence-corrected chi connectivity index (χ3v) is 7.33. The van der Waals surface area contributed by atoms with Crippen LogP contribution in [0.5, 0.6) is 0 Å². The summed E-state index contributed by atoms with van der Waals surface area (Å²) in [6, 6.07) is 15.1. The van der Waals surface area contributed by atoms with E-state index in [4.69, 9.17) is 9.72 Å². The Bertz CT molecular complexity index is 930. The van der Waals surface area contributed by atoms with E-state index in [-0.39, 0.29) is 11.6 Å². The van der Waals surface area contributed by atoms with Crippen LogP contribution in [0.1, 0.15) is 31.2 Å². The van der Waals surface area contributed by atoms with Crippen LogP contribution in [0.3, 0.4) is 0 Å². The second kappa shape index (κ2) is 10.8. The van der Waals surface area contributed by atoms with Crippen molar-refractivity contribution in [3.8, 4) is 0 Å². The van der Waals surface area contributed by atoms with Crippen LogP contribution in [0.2, 0.25) is 0 Å². The van der Waals surface area contributed by atoms with Gasteiger partial charge in [-0.15, -0.1) is 0 Å². The molecule has 1 atom stereocenters. The normalized spacial score (nSPS) is 25.8. The maximum atomic E-state index is 9.86. The van der Waals surface area contributed by atoms with Gasteiger partial charge in [0.25, 0.3) is 0 Å². The van der Waals surface area contributed by atoms with Gasteiger partial charge < -0.3 is 25.4 Å². The van der Waals surface area contributed by atoms with Crippen molar-refractivity contribution in [2.75, 3.05) is 41.8 Å². The molecular weight excluding hydrogens is 434 g/mol. The van der Waals surface area contributed by atoms with Gasteiger partial charge in [-0.2, -0.15) is 0 Å². The van der Waals surface area contributed by atoms with Crippen molar-refractivity contribution < 1.29 is 9.84 Å². The molecule has 176 valence electrons. The number of nitrogens with zero attached hydrogens (tertiary/aromatic N) is 3. The predicted molar refractivity (Wildman–Crippen MR) is 135 cm³/mol. The van der Waals surface area contributed by atoms with Crippen LogP contribution in [0, 0.1) is 0 Å². The first-order valence-corrected chi connectivity index (χ1v) is 12.8. The molecule has 2 aromatic rings. The third-order valence-electron chi connectivity index (χ3n) is 6.45. The van der Waals surface area contributed by atoms with Gasteiger partial charge in [0, 0.05) is 37.6 Å². The Morgan fingerprint density at radius 1 is 1.00 bits per heavy atom. The van der Waals surface area contributed by atoms with Gasteiger partial charge in [-0.25, -0.2) is 4.98 Å². The second-order valence-corrected chi connectivity index (χ2v) is 9.94. The molecule has 5 rings (SSSR count). The highest BCUT2D eigenvalue weighted by atomic mass is 32.2. The van der Waals surface area contributed by atoms with Crippen LogP contribution in [0.15, 0.2) is 54.1 Å². The molecule has 1 aromatic carbocycles. The number of aliphatic hydroxyl groups is 1. The lowest BCUT2D eigenvalue weighted by Crippen LogP contribution is -2.36. The van der Waals surface area contributed by atoms with Gasteiger partial charge in [0.05, 0.1) is 19.3 Å². The van der Waals surface area contributed by atoms with E-state index in [1.165, 1.54) is 5.56 Å². The average molecular weight is 468 g/mol. The third kappa shape index (κ3) is 6.00. The molecule has 2 fully saturated rings. The molecule has 1 aliphatic carbocycles. The van der Waals surface area contributed by atoms with Gasteiger partial charge in [-0.05, 0) is 60.9 Å². The largest absolute Gasteiger partial charge is 0.393 e. The fraction of sp³-hybridized carbons (Fsp3) is 0.480. The molecule has 2 aliphatic heterocycles. The van der Waals surface area contributed by atoms with Gasteiger partial charge >= 0.3 is 0 Å². The van der Waals surface area contributed by atoms with Gasteiger partial charge in [0.15, 0.2) is 5.50 Å². The van der Waals surface area contributed by atoms with Crippen LogP contribution in [0.4, 0.5) is 17.3 Å². The van der Waals surface area contributed by atoms with Gasteiger partial charge in [-0.3, -0.25) is 4.90 Å². The van der Waals surface area contributed by atoms with E-state index in [9.17, 15) is 5.11 Å². The highest BCUT2D eigenvalue weighted by molar-refractivity contribution is 8.03. The van der Waals surface area contributed by atoms with Crippen molar-refractivity contribution in [3.63, 3.8) is 0 Å². The summed E-state index contributed by atoms with van der Waals surface area (Å²) in [6.07, 6.45) is 5.62. The zero-order valence-corrected chi connectivity index (χ0v) is 19.7. The molecule has 3 heterocycles. The van der Waals surface area contributed by atoms with Crippen LogP contribution >= 0.6 is 11.8 Å². The van der Waals surface area contributed by atoms with Crippen molar-refractivity contribution in [3.05, 3.63) is 59.6 Å². The summed E-state index contributed by atoms with van der Waals surface area (Å²) in [4.78, 5) is 9.60. The summed E-state index contributed by atoms with van der Waals surface area (Å²) in [6.45, 7) is 4.39. The Morgan fingerprint density at radius 2 is 1.73 bits per heavy atom. The number of morpholine rings is 1. The van der Waals surface area contributed by atoms with Crippen molar-refractivity contribution in [2.45, 2.75) is 49.9 Å². The number of pyridine rings is 1. The molecule has 7 nitrogen and oxygen atoms in total. The molecule has 3 N–H and O–H groups in total. The minimum atomic E-state index is -0.156. The van der Waals surface area contributed by atoms with E-state index in [0.29, 0.717) is 6.04 Å². The number of nitrogens with one attached hydrogen (secondary N) is 2. The summed E-state index contributed by atoms with van der Waals surface area (Å²) < 4.78 is 5.52. The first-order valence-electron chi connectivity index (χ1n) is 11.9. The fourth-order valence-electron chi connectivity index (χ4n) is 4.64. The molecule has 0 spiro atoms. The monoisotopic (exact) mass is 467 g/mol. The molecule has 1 aromatic heterocycles. The Morgan fingerprint density at radius 3 is 2.48 bits per heavy atom. The molecule has 1 unspecified atom stereocenters. The summed E-state index contributed by atoms with van der Waals surface area (Å²) >= 11 is 1.74. The number of para-hydroxylation sites is 1.